The highest BCUT2D eigenvalue weighted by Crippen LogP contribution is 2.49. The number of hydrogen-bond donors (Lipinski definition) is 6. The van der Waals surface area contributed by atoms with E-state index in [-0.39, 0.29) is 0 Å². The maximum Gasteiger partial charge on any atom is 0.210 e. The highest BCUT2D eigenvalue weighted by Gasteiger charge is 2.59. The summed E-state index contributed by atoms with van der Waals surface area (Å²) < 4.78 is 16.2. The number of fused-ring (bicyclic) bond motifs is 1. The molecule has 9 heteroatoms. The molecule has 9 atom stereocenters. The molecule has 138 valence electrons. The molecule has 0 aromatic carbocycles. The zero-order valence-electron chi connectivity index (χ0n) is 13.2. The van der Waals surface area contributed by atoms with Crippen molar-refractivity contribution in [3.8, 4) is 0 Å². The second kappa shape index (κ2) is 6.19. The first-order chi connectivity index (χ1) is 11.2. The molecular weight excluding hydrogens is 324 g/mol. The smallest absolute Gasteiger partial charge is 0.210 e. The van der Waals surface area contributed by atoms with Gasteiger partial charge in [-0.2, -0.15) is 0 Å². The summed E-state index contributed by atoms with van der Waals surface area (Å²) in [6.45, 7) is 0.975. The van der Waals surface area contributed by atoms with Crippen molar-refractivity contribution in [3.63, 3.8) is 0 Å². The Kier molecular flexibility index (Phi) is 4.65. The van der Waals surface area contributed by atoms with Crippen LogP contribution in [0.3, 0.4) is 0 Å². The van der Waals surface area contributed by atoms with E-state index in [0.29, 0.717) is 12.8 Å². The third-order valence-corrected chi connectivity index (χ3v) is 5.20. The molecule has 0 aromatic heterocycles. The second-order valence-electron chi connectivity index (χ2n) is 6.97. The highest BCUT2D eigenvalue weighted by atomic mass is 16.8. The van der Waals surface area contributed by atoms with E-state index < -0.39 is 60.7 Å². The van der Waals surface area contributed by atoms with Gasteiger partial charge < -0.3 is 44.8 Å². The molecule has 2 fully saturated rings. The van der Waals surface area contributed by atoms with Gasteiger partial charge in [0.05, 0.1) is 30.0 Å². The molecule has 0 radical (unpaired) electrons. The summed E-state index contributed by atoms with van der Waals surface area (Å²) in [5.41, 5.74) is -2.58. The second-order valence-corrected chi connectivity index (χ2v) is 6.97. The molecule has 2 aliphatic heterocycles. The molecule has 3 rings (SSSR count). The van der Waals surface area contributed by atoms with Crippen molar-refractivity contribution in [2.45, 2.75) is 68.0 Å². The van der Waals surface area contributed by atoms with E-state index in [2.05, 4.69) is 0 Å². The van der Waals surface area contributed by atoms with Gasteiger partial charge in [-0.05, 0) is 25.8 Å². The summed E-state index contributed by atoms with van der Waals surface area (Å²) in [5.74, 6) is -0.831. The minimum atomic E-state index is -1.59. The van der Waals surface area contributed by atoms with E-state index in [4.69, 9.17) is 14.2 Å². The molecule has 0 aromatic rings. The zero-order valence-corrected chi connectivity index (χ0v) is 13.2. The van der Waals surface area contributed by atoms with Gasteiger partial charge >= 0.3 is 0 Å². The number of aliphatic hydroxyl groups is 6. The first-order valence-corrected chi connectivity index (χ1v) is 7.93. The first kappa shape index (κ1) is 18.0. The van der Waals surface area contributed by atoms with Crippen molar-refractivity contribution < 1.29 is 44.8 Å². The van der Waals surface area contributed by atoms with Gasteiger partial charge in [-0.3, -0.25) is 0 Å². The molecule has 9 nitrogen and oxygen atoms in total. The van der Waals surface area contributed by atoms with E-state index in [0.717, 1.165) is 0 Å². The molecule has 2 heterocycles. The summed E-state index contributed by atoms with van der Waals surface area (Å²) >= 11 is 0. The molecule has 3 aliphatic rings. The van der Waals surface area contributed by atoms with E-state index in [9.17, 15) is 30.6 Å². The molecule has 1 aliphatic carbocycles. The normalized spacial score (nSPS) is 54.4. The van der Waals surface area contributed by atoms with E-state index >= 15 is 0 Å². The maximum absolute atomic E-state index is 10.7. The molecule has 0 unspecified atom stereocenters. The summed E-state index contributed by atoms with van der Waals surface area (Å²) in [6, 6.07) is 0. The fourth-order valence-electron chi connectivity index (χ4n) is 3.75. The van der Waals surface area contributed by atoms with Gasteiger partial charge in [0, 0.05) is 0 Å². The van der Waals surface area contributed by atoms with Crippen LogP contribution in [0.15, 0.2) is 12.3 Å². The topological polar surface area (TPSA) is 149 Å². The van der Waals surface area contributed by atoms with Crippen LogP contribution in [-0.2, 0) is 14.2 Å². The van der Waals surface area contributed by atoms with Crippen LogP contribution < -0.4 is 0 Å². The summed E-state index contributed by atoms with van der Waals surface area (Å²) in [7, 11) is 0. The maximum atomic E-state index is 10.7. The van der Waals surface area contributed by atoms with Crippen LogP contribution in [0.1, 0.15) is 19.8 Å². The number of hydrogen-bond acceptors (Lipinski definition) is 9. The van der Waals surface area contributed by atoms with Gasteiger partial charge in [0.15, 0.2) is 6.29 Å². The van der Waals surface area contributed by atoms with Crippen molar-refractivity contribution >= 4 is 0 Å². The van der Waals surface area contributed by atoms with Crippen molar-refractivity contribution in [2.24, 2.45) is 5.92 Å². The van der Waals surface area contributed by atoms with Crippen LogP contribution in [0.4, 0.5) is 0 Å². The van der Waals surface area contributed by atoms with Crippen molar-refractivity contribution in [1.82, 2.24) is 0 Å². The molecule has 0 amide bonds. The number of aliphatic hydroxyl groups excluding tert-OH is 4. The third-order valence-electron chi connectivity index (χ3n) is 5.20. The average Bonchev–Trinajstić information content (AvgIpc) is 2.79. The van der Waals surface area contributed by atoms with E-state index in [1.807, 2.05) is 0 Å². The van der Waals surface area contributed by atoms with Gasteiger partial charge in [0.2, 0.25) is 6.29 Å². The fraction of sp³-hybridized carbons (Fsp3) is 0.867. The van der Waals surface area contributed by atoms with Crippen LogP contribution in [-0.4, -0.2) is 85.4 Å². The van der Waals surface area contributed by atoms with Gasteiger partial charge in [0.1, 0.15) is 24.4 Å². The zero-order chi connectivity index (χ0) is 17.7. The highest BCUT2D eigenvalue weighted by molar-refractivity contribution is 5.16. The summed E-state index contributed by atoms with van der Waals surface area (Å²) in [5, 5.41) is 60.0. The van der Waals surface area contributed by atoms with Crippen molar-refractivity contribution in [2.75, 3.05) is 6.61 Å². The molecule has 6 N–H and O–H groups in total. The van der Waals surface area contributed by atoms with Crippen molar-refractivity contribution in [3.05, 3.63) is 12.3 Å². The van der Waals surface area contributed by atoms with Gasteiger partial charge in [0.25, 0.3) is 0 Å². The Bertz CT molecular complexity index is 493. The van der Waals surface area contributed by atoms with Crippen LogP contribution in [0, 0.1) is 5.92 Å². The van der Waals surface area contributed by atoms with Gasteiger partial charge in [-0.1, -0.05) is 0 Å². The molecule has 1 saturated heterocycles. The van der Waals surface area contributed by atoms with Crippen LogP contribution in [0.25, 0.3) is 0 Å². The lowest BCUT2D eigenvalue weighted by Crippen LogP contribution is -2.61. The summed E-state index contributed by atoms with van der Waals surface area (Å²) in [4.78, 5) is 0. The summed E-state index contributed by atoms with van der Waals surface area (Å²) in [6.07, 6.45) is -4.97. The Labute approximate surface area is 138 Å². The minimum Gasteiger partial charge on any atom is -0.472 e. The number of rotatable bonds is 3. The Morgan fingerprint density at radius 1 is 1.08 bits per heavy atom. The SMILES string of the molecule is C[C@]1(O)CC[C@]2(O)C=CO[C@@H](O[C@@H]3O[C@H](CO)[C@@H](O)[C@H](O)[C@H]3O)[C@H]12. The predicted octanol–water partition coefficient (Wildman–Crippen LogP) is -2.43. The van der Waals surface area contributed by atoms with E-state index in [1.165, 1.54) is 12.3 Å². The molecule has 24 heavy (non-hydrogen) atoms. The van der Waals surface area contributed by atoms with Crippen molar-refractivity contribution in [1.29, 1.82) is 0 Å². The van der Waals surface area contributed by atoms with E-state index in [1.54, 1.807) is 6.92 Å². The molecule has 1 saturated carbocycles. The Hall–Kier alpha value is -0.780. The largest absolute Gasteiger partial charge is 0.472 e. The quantitative estimate of drug-likeness (QED) is 0.327. The van der Waals surface area contributed by atoms with Crippen LogP contribution in [0.5, 0.6) is 0 Å². The lowest BCUT2D eigenvalue weighted by molar-refractivity contribution is -0.350. The predicted molar refractivity (Wildman–Crippen MR) is 77.2 cm³/mol. The van der Waals surface area contributed by atoms with Crippen LogP contribution >= 0.6 is 0 Å². The lowest BCUT2D eigenvalue weighted by Gasteiger charge is -2.45. The van der Waals surface area contributed by atoms with Gasteiger partial charge in [-0.15, -0.1) is 0 Å². The van der Waals surface area contributed by atoms with Gasteiger partial charge in [-0.25, -0.2) is 0 Å². The average molecular weight is 348 g/mol. The standard InChI is InChI=1S/C15H24O9/c1-14(20)2-3-15(21)4-5-22-13(11(14)15)24-12-10(19)9(18)8(17)7(6-16)23-12/h4-5,7-13,16-21H,2-3,6H2,1H3/t7-,8-,9+,10-,11-,12+,13+,14+,15+/m1/s1. The minimum absolute atomic E-state index is 0.319. The molecule has 0 bridgehead atoms. The molecule has 0 spiro atoms. The third kappa shape index (κ3) is 2.85. The Morgan fingerprint density at radius 2 is 1.79 bits per heavy atom. The molecular formula is C15H24O9. The lowest BCUT2D eigenvalue weighted by atomic mass is 9.82. The fourth-order valence-corrected chi connectivity index (χ4v) is 3.75. The Balaban J connectivity index is 1.78. The monoisotopic (exact) mass is 348 g/mol. The number of ether oxygens (including phenoxy) is 3. The van der Waals surface area contributed by atoms with Crippen LogP contribution in [0.2, 0.25) is 0 Å². The first-order valence-electron chi connectivity index (χ1n) is 7.93. The Morgan fingerprint density at radius 3 is 2.46 bits per heavy atom.